The predicted octanol–water partition coefficient (Wildman–Crippen LogP) is 5.21. The Balaban J connectivity index is 1.78. The first-order valence-electron chi connectivity index (χ1n) is 8.81. The number of methoxy groups -OCH3 is 2. The van der Waals surface area contributed by atoms with E-state index in [4.69, 9.17) is 9.47 Å². The number of hydrogen-bond donors (Lipinski definition) is 1. The lowest BCUT2D eigenvalue weighted by molar-refractivity contribution is -0.116. The molecule has 1 amide bonds. The van der Waals surface area contributed by atoms with Gasteiger partial charge in [-0.05, 0) is 30.2 Å². The summed E-state index contributed by atoms with van der Waals surface area (Å²) in [5, 5.41) is 5.22. The fraction of sp³-hybridized carbons (Fsp3) is 0.227. The number of amides is 1. The van der Waals surface area contributed by atoms with Crippen molar-refractivity contribution >= 4 is 22.9 Å². The Hall–Kier alpha value is -2.79. The van der Waals surface area contributed by atoms with E-state index in [2.05, 4.69) is 41.9 Å². The van der Waals surface area contributed by atoms with Gasteiger partial charge in [0.25, 0.3) is 0 Å². The standard InChI is InChI=1S/C22H21NO3S/c1-13-4-6-14(7-5-13)17-12-27-22-16(11-20(24)23-21(17)22)15-8-9-18(25-2)19(10-15)26-3/h4-10,12,16H,11H2,1-3H3,(H,23,24). The van der Waals surface area contributed by atoms with Gasteiger partial charge < -0.3 is 14.8 Å². The molecule has 4 nitrogen and oxygen atoms in total. The van der Waals surface area contributed by atoms with Crippen LogP contribution in [0.15, 0.2) is 47.8 Å². The second-order valence-electron chi connectivity index (χ2n) is 6.67. The third kappa shape index (κ3) is 3.19. The Morgan fingerprint density at radius 3 is 2.48 bits per heavy atom. The van der Waals surface area contributed by atoms with Crippen LogP contribution in [0.25, 0.3) is 11.1 Å². The van der Waals surface area contributed by atoms with Gasteiger partial charge in [0.2, 0.25) is 5.91 Å². The second-order valence-corrected chi connectivity index (χ2v) is 7.59. The van der Waals surface area contributed by atoms with E-state index in [1.165, 1.54) is 10.4 Å². The second kappa shape index (κ2) is 7.08. The average Bonchev–Trinajstić information content (AvgIpc) is 3.11. The van der Waals surface area contributed by atoms with E-state index in [-0.39, 0.29) is 11.8 Å². The quantitative estimate of drug-likeness (QED) is 0.676. The van der Waals surface area contributed by atoms with E-state index >= 15 is 0 Å². The van der Waals surface area contributed by atoms with Crippen molar-refractivity contribution in [1.82, 2.24) is 0 Å². The molecule has 5 heteroatoms. The normalized spacial score (nSPS) is 15.8. The Morgan fingerprint density at radius 1 is 1.04 bits per heavy atom. The summed E-state index contributed by atoms with van der Waals surface area (Å²) >= 11 is 1.69. The van der Waals surface area contributed by atoms with Gasteiger partial charge in [0, 0.05) is 28.2 Å². The number of ether oxygens (including phenoxy) is 2. The molecule has 1 aliphatic rings. The topological polar surface area (TPSA) is 47.6 Å². The molecule has 0 fully saturated rings. The molecule has 0 saturated carbocycles. The number of nitrogens with one attached hydrogen (secondary N) is 1. The zero-order valence-corrected chi connectivity index (χ0v) is 16.4. The van der Waals surface area contributed by atoms with Gasteiger partial charge in [-0.15, -0.1) is 11.3 Å². The Morgan fingerprint density at radius 2 is 1.78 bits per heavy atom. The van der Waals surface area contributed by atoms with Gasteiger partial charge in [-0.1, -0.05) is 35.9 Å². The zero-order chi connectivity index (χ0) is 19.0. The predicted molar refractivity (Wildman–Crippen MR) is 109 cm³/mol. The lowest BCUT2D eigenvalue weighted by atomic mass is 9.89. The summed E-state index contributed by atoms with van der Waals surface area (Å²) in [5.74, 6) is 1.41. The van der Waals surface area contributed by atoms with Crippen molar-refractivity contribution in [3.05, 3.63) is 63.8 Å². The highest BCUT2D eigenvalue weighted by molar-refractivity contribution is 7.11. The van der Waals surface area contributed by atoms with Crippen LogP contribution in [0.3, 0.4) is 0 Å². The van der Waals surface area contributed by atoms with Crippen molar-refractivity contribution in [2.45, 2.75) is 19.3 Å². The number of anilines is 1. The molecule has 1 atom stereocenters. The third-order valence-electron chi connectivity index (χ3n) is 4.96. The molecule has 3 aromatic rings. The van der Waals surface area contributed by atoms with E-state index in [9.17, 15) is 4.79 Å². The van der Waals surface area contributed by atoms with Crippen molar-refractivity contribution in [1.29, 1.82) is 0 Å². The van der Waals surface area contributed by atoms with Gasteiger partial charge in [0.05, 0.1) is 19.9 Å². The number of thiophene rings is 1. The lowest BCUT2D eigenvalue weighted by Gasteiger charge is -2.24. The van der Waals surface area contributed by atoms with Gasteiger partial charge >= 0.3 is 0 Å². The number of carbonyl (C=O) groups excluding carboxylic acids is 1. The summed E-state index contributed by atoms with van der Waals surface area (Å²) in [5.41, 5.74) is 5.40. The van der Waals surface area contributed by atoms with Crippen LogP contribution in [0.4, 0.5) is 5.69 Å². The maximum atomic E-state index is 12.5. The minimum atomic E-state index is 0.0118. The molecule has 2 heterocycles. The molecule has 0 aliphatic carbocycles. The molecule has 1 aliphatic heterocycles. The fourth-order valence-corrected chi connectivity index (χ4v) is 4.67. The molecule has 0 bridgehead atoms. The van der Waals surface area contributed by atoms with Gasteiger partial charge in [-0.2, -0.15) is 0 Å². The molecule has 1 N–H and O–H groups in total. The molecule has 0 radical (unpaired) electrons. The van der Waals surface area contributed by atoms with E-state index in [0.717, 1.165) is 22.4 Å². The minimum absolute atomic E-state index is 0.0118. The molecule has 1 aromatic heterocycles. The first kappa shape index (κ1) is 17.6. The van der Waals surface area contributed by atoms with Crippen LogP contribution >= 0.6 is 11.3 Å². The summed E-state index contributed by atoms with van der Waals surface area (Å²) in [6.45, 7) is 2.07. The van der Waals surface area contributed by atoms with Gasteiger partial charge in [-0.3, -0.25) is 4.79 Å². The number of benzene rings is 2. The first-order chi connectivity index (χ1) is 13.1. The number of aryl methyl sites for hydroxylation is 1. The fourth-order valence-electron chi connectivity index (χ4n) is 3.51. The largest absolute Gasteiger partial charge is 0.493 e. The summed E-state index contributed by atoms with van der Waals surface area (Å²) in [4.78, 5) is 13.6. The van der Waals surface area contributed by atoms with Crippen LogP contribution in [0, 0.1) is 6.92 Å². The molecule has 1 unspecified atom stereocenters. The highest BCUT2D eigenvalue weighted by Gasteiger charge is 2.31. The van der Waals surface area contributed by atoms with Gasteiger partial charge in [0.1, 0.15) is 0 Å². The van der Waals surface area contributed by atoms with Crippen molar-refractivity contribution in [3.8, 4) is 22.6 Å². The maximum Gasteiger partial charge on any atom is 0.225 e. The van der Waals surface area contributed by atoms with Gasteiger partial charge in [0.15, 0.2) is 11.5 Å². The molecule has 138 valence electrons. The van der Waals surface area contributed by atoms with E-state index < -0.39 is 0 Å². The molecule has 2 aromatic carbocycles. The van der Waals surface area contributed by atoms with Crippen LogP contribution < -0.4 is 14.8 Å². The maximum absolute atomic E-state index is 12.5. The Labute approximate surface area is 162 Å². The number of rotatable bonds is 4. The molecule has 27 heavy (non-hydrogen) atoms. The summed E-state index contributed by atoms with van der Waals surface area (Å²) < 4.78 is 10.8. The smallest absolute Gasteiger partial charge is 0.225 e. The number of fused-ring (bicyclic) bond motifs is 1. The van der Waals surface area contributed by atoms with Crippen LogP contribution in [-0.4, -0.2) is 20.1 Å². The van der Waals surface area contributed by atoms with E-state index in [1.54, 1.807) is 25.6 Å². The average molecular weight is 379 g/mol. The van der Waals surface area contributed by atoms with Crippen molar-refractivity contribution in [2.24, 2.45) is 0 Å². The van der Waals surface area contributed by atoms with Crippen LogP contribution in [-0.2, 0) is 4.79 Å². The van der Waals surface area contributed by atoms with Crippen LogP contribution in [0.5, 0.6) is 11.5 Å². The molecule has 0 saturated heterocycles. The molecule has 4 rings (SSSR count). The van der Waals surface area contributed by atoms with Crippen molar-refractivity contribution in [3.63, 3.8) is 0 Å². The van der Waals surface area contributed by atoms with Crippen molar-refractivity contribution in [2.75, 3.05) is 19.5 Å². The van der Waals surface area contributed by atoms with Crippen LogP contribution in [0.1, 0.15) is 28.3 Å². The molecular weight excluding hydrogens is 358 g/mol. The Kier molecular flexibility index (Phi) is 4.62. The molecule has 0 spiro atoms. The summed E-state index contributed by atoms with van der Waals surface area (Å²) in [7, 11) is 3.25. The first-order valence-corrected chi connectivity index (χ1v) is 9.69. The lowest BCUT2D eigenvalue weighted by Crippen LogP contribution is -2.22. The Bertz CT molecular complexity index is 991. The summed E-state index contributed by atoms with van der Waals surface area (Å²) in [6.07, 6.45) is 0.427. The monoisotopic (exact) mass is 379 g/mol. The van der Waals surface area contributed by atoms with Crippen LogP contribution in [0.2, 0.25) is 0 Å². The minimum Gasteiger partial charge on any atom is -0.493 e. The third-order valence-corrected chi connectivity index (χ3v) is 6.06. The van der Waals surface area contributed by atoms with Gasteiger partial charge in [-0.25, -0.2) is 0 Å². The highest BCUT2D eigenvalue weighted by Crippen LogP contribution is 2.47. The number of hydrogen-bond acceptors (Lipinski definition) is 4. The molecular formula is C22H21NO3S. The SMILES string of the molecule is COc1ccc(C2CC(=O)Nc3c(-c4ccc(C)cc4)csc32)cc1OC. The van der Waals surface area contributed by atoms with E-state index in [1.807, 2.05) is 18.2 Å². The zero-order valence-electron chi connectivity index (χ0n) is 15.5. The van der Waals surface area contributed by atoms with Crippen molar-refractivity contribution < 1.29 is 14.3 Å². The summed E-state index contributed by atoms with van der Waals surface area (Å²) in [6, 6.07) is 14.3. The highest BCUT2D eigenvalue weighted by atomic mass is 32.1. The number of carbonyl (C=O) groups is 1. The van der Waals surface area contributed by atoms with E-state index in [0.29, 0.717) is 17.9 Å².